The Hall–Kier alpha value is -0.490. The zero-order valence-corrected chi connectivity index (χ0v) is 12.7. The van der Waals surface area contributed by atoms with E-state index in [1.54, 1.807) is 0 Å². The number of nitrogens with one attached hydrogen (secondary N) is 1. The third-order valence-corrected chi connectivity index (χ3v) is 4.84. The van der Waals surface area contributed by atoms with Crippen LogP contribution in [-0.4, -0.2) is 20.9 Å². The quantitative estimate of drug-likeness (QED) is 0.855. The van der Waals surface area contributed by atoms with Gasteiger partial charge in [0.05, 0.1) is 10.6 Å². The van der Waals surface area contributed by atoms with Crippen LogP contribution in [0.1, 0.15) is 23.2 Å². The van der Waals surface area contributed by atoms with Crippen LogP contribution >= 0.6 is 33.9 Å². The minimum atomic E-state index is -4.06. The third kappa shape index (κ3) is 3.75. The Bertz CT molecular complexity index is 626. The number of amides is 1. The van der Waals surface area contributed by atoms with Crippen molar-refractivity contribution in [3.8, 4) is 0 Å². The lowest BCUT2D eigenvalue weighted by Crippen LogP contribution is -2.26. The first-order valence-corrected chi connectivity index (χ1v) is 8.57. The van der Waals surface area contributed by atoms with E-state index in [9.17, 15) is 13.2 Å². The normalized spacial score (nSPS) is 15.3. The topological polar surface area (TPSA) is 63.2 Å². The van der Waals surface area contributed by atoms with Crippen LogP contribution in [0.3, 0.4) is 0 Å². The molecule has 1 N–H and O–H groups in total. The molecule has 0 aliphatic heterocycles. The van der Waals surface area contributed by atoms with Gasteiger partial charge in [-0.3, -0.25) is 4.79 Å². The molecule has 1 saturated carbocycles. The van der Waals surface area contributed by atoms with Gasteiger partial charge in [-0.05, 0) is 30.9 Å². The molecule has 0 atom stereocenters. The Morgan fingerprint density at radius 1 is 1.32 bits per heavy atom. The zero-order chi connectivity index (χ0) is 14.2. The molecule has 19 heavy (non-hydrogen) atoms. The van der Waals surface area contributed by atoms with Gasteiger partial charge in [-0.25, -0.2) is 8.42 Å². The molecule has 104 valence electrons. The summed E-state index contributed by atoms with van der Waals surface area (Å²) in [5, 5.41) is 2.56. The highest BCUT2D eigenvalue weighted by Gasteiger charge is 2.25. The van der Waals surface area contributed by atoms with Crippen molar-refractivity contribution in [2.75, 3.05) is 6.54 Å². The first kappa shape index (κ1) is 14.9. The number of hydrogen-bond donors (Lipinski definition) is 1. The van der Waals surface area contributed by atoms with Crippen molar-refractivity contribution in [2.45, 2.75) is 17.7 Å². The van der Waals surface area contributed by atoms with E-state index in [4.69, 9.17) is 33.9 Å². The van der Waals surface area contributed by atoms with E-state index in [-0.39, 0.29) is 20.5 Å². The molecule has 0 bridgehead atoms. The molecule has 1 aromatic rings. The largest absolute Gasteiger partial charge is 0.352 e. The van der Waals surface area contributed by atoms with Crippen LogP contribution in [-0.2, 0) is 9.05 Å². The number of rotatable bonds is 4. The molecule has 0 saturated heterocycles. The number of carbonyl (C=O) groups is 1. The van der Waals surface area contributed by atoms with Crippen molar-refractivity contribution in [1.82, 2.24) is 5.32 Å². The van der Waals surface area contributed by atoms with Gasteiger partial charge in [-0.15, -0.1) is 0 Å². The minimum Gasteiger partial charge on any atom is -0.352 e. The number of hydrogen-bond acceptors (Lipinski definition) is 3. The standard InChI is InChI=1S/C11H10Cl3NO3S/c12-7-3-8(11(16)15-5-6-1-2-6)10(13)9(4-7)19(14,17)18/h3-4,6H,1-2,5H2,(H,15,16). The van der Waals surface area contributed by atoms with E-state index in [0.717, 1.165) is 18.9 Å². The molecule has 2 rings (SSSR count). The molecule has 0 unspecified atom stereocenters. The summed E-state index contributed by atoms with van der Waals surface area (Å²) >= 11 is 11.7. The Kier molecular flexibility index (Phi) is 4.30. The average molecular weight is 343 g/mol. The molecule has 1 aliphatic rings. The van der Waals surface area contributed by atoms with Crippen LogP contribution in [0.15, 0.2) is 17.0 Å². The van der Waals surface area contributed by atoms with Crippen molar-refractivity contribution in [2.24, 2.45) is 5.92 Å². The second kappa shape index (κ2) is 5.48. The zero-order valence-electron chi connectivity index (χ0n) is 9.62. The molecule has 1 amide bonds. The van der Waals surface area contributed by atoms with Gasteiger partial charge in [0.2, 0.25) is 0 Å². The third-order valence-electron chi connectivity index (χ3n) is 2.76. The van der Waals surface area contributed by atoms with E-state index < -0.39 is 15.0 Å². The van der Waals surface area contributed by atoms with Crippen LogP contribution in [0.5, 0.6) is 0 Å². The molecule has 1 aromatic carbocycles. The SMILES string of the molecule is O=C(NCC1CC1)c1cc(Cl)cc(S(=O)(=O)Cl)c1Cl. The van der Waals surface area contributed by atoms with Gasteiger partial charge in [-0.2, -0.15) is 0 Å². The van der Waals surface area contributed by atoms with Gasteiger partial charge in [0, 0.05) is 22.2 Å². The maximum atomic E-state index is 11.9. The minimum absolute atomic E-state index is 0.00837. The van der Waals surface area contributed by atoms with Gasteiger partial charge in [-0.1, -0.05) is 23.2 Å². The molecular weight excluding hydrogens is 333 g/mol. The first-order chi connectivity index (χ1) is 8.79. The van der Waals surface area contributed by atoms with Crippen LogP contribution in [0.25, 0.3) is 0 Å². The summed E-state index contributed by atoms with van der Waals surface area (Å²) in [7, 11) is 1.19. The Labute approximate surface area is 125 Å². The maximum absolute atomic E-state index is 11.9. The fraction of sp³-hybridized carbons (Fsp3) is 0.364. The predicted octanol–water partition coefficient (Wildman–Crippen LogP) is 3.06. The predicted molar refractivity (Wildman–Crippen MR) is 74.6 cm³/mol. The molecular formula is C11H10Cl3NO3S. The molecule has 0 spiro atoms. The second-order valence-corrected chi connectivity index (χ2v) is 7.71. The smallest absolute Gasteiger partial charge is 0.262 e. The van der Waals surface area contributed by atoms with Crippen LogP contribution < -0.4 is 5.32 Å². The van der Waals surface area contributed by atoms with Gasteiger partial charge in [0.1, 0.15) is 4.90 Å². The first-order valence-electron chi connectivity index (χ1n) is 5.51. The van der Waals surface area contributed by atoms with E-state index in [2.05, 4.69) is 5.32 Å². The maximum Gasteiger partial charge on any atom is 0.262 e. The Morgan fingerprint density at radius 2 is 1.95 bits per heavy atom. The van der Waals surface area contributed by atoms with Gasteiger partial charge >= 0.3 is 0 Å². The molecule has 0 aromatic heterocycles. The summed E-state index contributed by atoms with van der Waals surface area (Å²) < 4.78 is 22.7. The monoisotopic (exact) mass is 341 g/mol. The number of halogens is 3. The lowest BCUT2D eigenvalue weighted by molar-refractivity contribution is 0.0951. The highest BCUT2D eigenvalue weighted by atomic mass is 35.7. The van der Waals surface area contributed by atoms with Gasteiger partial charge < -0.3 is 5.32 Å². The van der Waals surface area contributed by atoms with Gasteiger partial charge in [0.25, 0.3) is 15.0 Å². The molecule has 1 aliphatic carbocycles. The summed E-state index contributed by atoms with van der Waals surface area (Å²) in [5.74, 6) is 0.0408. The lowest BCUT2D eigenvalue weighted by Gasteiger charge is -2.09. The molecule has 8 heteroatoms. The average Bonchev–Trinajstić information content (AvgIpc) is 3.11. The van der Waals surface area contributed by atoms with Crippen LogP contribution in [0, 0.1) is 5.92 Å². The molecule has 4 nitrogen and oxygen atoms in total. The van der Waals surface area contributed by atoms with Crippen molar-refractivity contribution >= 4 is 48.8 Å². The fourth-order valence-electron chi connectivity index (χ4n) is 1.56. The van der Waals surface area contributed by atoms with Gasteiger partial charge in [0.15, 0.2) is 0 Å². The number of carbonyl (C=O) groups excluding carboxylic acids is 1. The van der Waals surface area contributed by atoms with E-state index in [1.807, 2.05) is 0 Å². The lowest BCUT2D eigenvalue weighted by atomic mass is 10.2. The van der Waals surface area contributed by atoms with E-state index in [1.165, 1.54) is 6.07 Å². The summed E-state index contributed by atoms with van der Waals surface area (Å²) in [6.45, 7) is 0.546. The highest BCUT2D eigenvalue weighted by Crippen LogP contribution is 2.32. The molecule has 1 fully saturated rings. The summed E-state index contributed by atoms with van der Waals surface area (Å²) in [4.78, 5) is 11.6. The van der Waals surface area contributed by atoms with Crippen molar-refractivity contribution in [1.29, 1.82) is 0 Å². The van der Waals surface area contributed by atoms with Crippen molar-refractivity contribution < 1.29 is 13.2 Å². The summed E-state index contributed by atoms with van der Waals surface area (Å²) in [5.41, 5.74) is 0.00837. The van der Waals surface area contributed by atoms with E-state index >= 15 is 0 Å². The summed E-state index contributed by atoms with van der Waals surface area (Å²) in [6, 6.07) is 2.43. The highest BCUT2D eigenvalue weighted by molar-refractivity contribution is 8.13. The molecule has 0 radical (unpaired) electrons. The number of benzene rings is 1. The van der Waals surface area contributed by atoms with E-state index in [0.29, 0.717) is 12.5 Å². The molecule has 0 heterocycles. The Balaban J connectivity index is 2.33. The fourth-order valence-corrected chi connectivity index (χ4v) is 3.42. The van der Waals surface area contributed by atoms with Crippen molar-refractivity contribution in [3.63, 3.8) is 0 Å². The van der Waals surface area contributed by atoms with Crippen LogP contribution in [0.4, 0.5) is 0 Å². The van der Waals surface area contributed by atoms with Crippen molar-refractivity contribution in [3.05, 3.63) is 27.7 Å². The Morgan fingerprint density at radius 3 is 2.47 bits per heavy atom. The second-order valence-electron chi connectivity index (χ2n) is 4.36. The van der Waals surface area contributed by atoms with Crippen LogP contribution in [0.2, 0.25) is 10.0 Å². The summed E-state index contributed by atoms with van der Waals surface area (Å²) in [6.07, 6.45) is 2.18.